The molecule has 0 saturated heterocycles. The third kappa shape index (κ3) is 3.77. The quantitative estimate of drug-likeness (QED) is 0.377. The number of halogens is 4. The zero-order valence-electron chi connectivity index (χ0n) is 13.1. The first kappa shape index (κ1) is 19.3. The lowest BCUT2D eigenvalue weighted by Gasteiger charge is -2.02. The number of hydrogen-bond acceptors (Lipinski definition) is 4. The Kier molecular flexibility index (Phi) is 5.95. The summed E-state index contributed by atoms with van der Waals surface area (Å²) in [5.74, 6) is 0.0620. The van der Waals surface area contributed by atoms with Crippen LogP contribution in [0, 0.1) is 0 Å². The van der Waals surface area contributed by atoms with Gasteiger partial charge >= 0.3 is 0 Å². The summed E-state index contributed by atoms with van der Waals surface area (Å²) in [6.07, 6.45) is 1.42. The van der Waals surface area contributed by atoms with Crippen LogP contribution in [0.15, 0.2) is 35.4 Å². The predicted octanol–water partition coefficient (Wildman–Crippen LogP) is 6.29. The van der Waals surface area contributed by atoms with E-state index in [2.05, 4.69) is 10.5 Å². The molecule has 0 aliphatic carbocycles. The molecule has 1 amide bonds. The molecule has 0 saturated carbocycles. The maximum atomic E-state index is 12.4. The second kappa shape index (κ2) is 8.03. The van der Waals surface area contributed by atoms with Crippen molar-refractivity contribution in [1.29, 1.82) is 0 Å². The van der Waals surface area contributed by atoms with Crippen molar-refractivity contribution in [2.24, 2.45) is 5.10 Å². The van der Waals surface area contributed by atoms with E-state index >= 15 is 0 Å². The van der Waals surface area contributed by atoms with E-state index in [1.54, 1.807) is 30.3 Å². The topological polar surface area (TPSA) is 50.7 Å². The first-order valence-corrected chi connectivity index (χ1v) is 9.48. The highest BCUT2D eigenvalue weighted by molar-refractivity contribution is 7.22. The van der Waals surface area contributed by atoms with Crippen molar-refractivity contribution in [2.45, 2.75) is 0 Å². The minimum atomic E-state index is -0.451. The monoisotopic (exact) mass is 446 g/mol. The van der Waals surface area contributed by atoms with Crippen LogP contribution < -0.4 is 10.2 Å². The van der Waals surface area contributed by atoms with Gasteiger partial charge in [-0.05, 0) is 24.3 Å². The van der Waals surface area contributed by atoms with Gasteiger partial charge < -0.3 is 4.74 Å². The van der Waals surface area contributed by atoms with Crippen molar-refractivity contribution < 1.29 is 9.53 Å². The zero-order chi connectivity index (χ0) is 18.8. The third-order valence-corrected chi connectivity index (χ3v) is 6.24. The molecular formula is C17H10Cl4N2O2S. The fraction of sp³-hybridized carbons (Fsp3) is 0.0588. The summed E-state index contributed by atoms with van der Waals surface area (Å²) in [7, 11) is 1.52. The molecule has 9 heteroatoms. The number of amides is 1. The molecule has 2 aromatic carbocycles. The van der Waals surface area contributed by atoms with E-state index in [9.17, 15) is 4.79 Å². The number of hydrogen-bond donors (Lipinski definition) is 1. The maximum Gasteiger partial charge on any atom is 0.283 e. The number of carbonyl (C=O) groups excluding carboxylic acids is 1. The van der Waals surface area contributed by atoms with E-state index in [1.807, 2.05) is 0 Å². The molecule has 0 radical (unpaired) electrons. The number of carbonyl (C=O) groups is 1. The minimum absolute atomic E-state index is 0.302. The standard InChI is InChI=1S/C17H10Cl4N2O2S/c1-25-12-5-4-10-13(20)16(26-15(10)14(12)21)17(24)23-22-7-8-2-3-9(18)6-11(8)19/h2-7H,1H3,(H,23,24)/b22-7+. The average molecular weight is 448 g/mol. The third-order valence-electron chi connectivity index (χ3n) is 3.46. The van der Waals surface area contributed by atoms with Gasteiger partial charge in [-0.15, -0.1) is 11.3 Å². The summed E-state index contributed by atoms with van der Waals surface area (Å²) in [6, 6.07) is 8.41. The second-order valence-electron chi connectivity index (χ2n) is 5.07. The van der Waals surface area contributed by atoms with Crippen LogP contribution in [0.2, 0.25) is 20.1 Å². The highest BCUT2D eigenvalue weighted by Gasteiger charge is 2.20. The van der Waals surface area contributed by atoms with E-state index in [0.717, 1.165) is 0 Å². The molecule has 0 aliphatic heterocycles. The van der Waals surface area contributed by atoms with Gasteiger partial charge in [-0.1, -0.05) is 52.5 Å². The van der Waals surface area contributed by atoms with Crippen LogP contribution in [0.5, 0.6) is 5.75 Å². The molecule has 1 N–H and O–H groups in total. The minimum Gasteiger partial charge on any atom is -0.495 e. The molecule has 26 heavy (non-hydrogen) atoms. The van der Waals surface area contributed by atoms with Crippen molar-refractivity contribution in [3.05, 3.63) is 60.9 Å². The van der Waals surface area contributed by atoms with Gasteiger partial charge in [-0.2, -0.15) is 5.10 Å². The van der Waals surface area contributed by atoms with Crippen LogP contribution in [0.4, 0.5) is 0 Å². The number of benzene rings is 2. The Morgan fingerprint density at radius 1 is 1.15 bits per heavy atom. The number of hydrazone groups is 1. The molecule has 0 aliphatic rings. The summed E-state index contributed by atoms with van der Waals surface area (Å²) in [6.45, 7) is 0. The Labute approximate surface area is 173 Å². The van der Waals surface area contributed by atoms with Crippen LogP contribution in [0.3, 0.4) is 0 Å². The number of fused-ring (bicyclic) bond motifs is 1. The molecule has 1 heterocycles. The zero-order valence-corrected chi connectivity index (χ0v) is 17.0. The van der Waals surface area contributed by atoms with Crippen molar-refractivity contribution in [3.8, 4) is 5.75 Å². The molecule has 0 spiro atoms. The summed E-state index contributed by atoms with van der Waals surface area (Å²) < 4.78 is 5.85. The number of nitrogens with one attached hydrogen (secondary N) is 1. The summed E-state index contributed by atoms with van der Waals surface area (Å²) in [5, 5.41) is 6.25. The summed E-state index contributed by atoms with van der Waals surface area (Å²) in [5.41, 5.74) is 3.05. The number of rotatable bonds is 4. The van der Waals surface area contributed by atoms with Gasteiger partial charge in [-0.25, -0.2) is 5.43 Å². The van der Waals surface area contributed by atoms with Crippen molar-refractivity contribution in [2.75, 3.05) is 7.11 Å². The SMILES string of the molecule is COc1ccc2c(Cl)c(C(=O)N/N=C/c3ccc(Cl)cc3Cl)sc2c1Cl. The van der Waals surface area contributed by atoms with Gasteiger partial charge in [0.05, 0.1) is 28.1 Å². The second-order valence-corrected chi connectivity index (χ2v) is 7.69. The van der Waals surface area contributed by atoms with Crippen molar-refractivity contribution >= 4 is 79.9 Å². The molecule has 3 rings (SSSR count). The fourth-order valence-corrected chi connectivity index (χ4v) is 4.44. The number of ether oxygens (including phenoxy) is 1. The molecule has 0 fully saturated rings. The molecule has 0 bridgehead atoms. The van der Waals surface area contributed by atoms with Crippen LogP contribution in [-0.4, -0.2) is 19.2 Å². The number of methoxy groups -OCH3 is 1. The Balaban J connectivity index is 1.85. The number of nitrogens with zero attached hydrogens (tertiary/aromatic N) is 1. The van der Waals surface area contributed by atoms with Gasteiger partial charge in [0.1, 0.15) is 15.6 Å². The van der Waals surface area contributed by atoms with E-state index in [0.29, 0.717) is 46.4 Å². The molecule has 134 valence electrons. The Bertz CT molecular complexity index is 1030. The van der Waals surface area contributed by atoms with Gasteiger partial charge in [0, 0.05) is 16.0 Å². The van der Waals surface area contributed by atoms with E-state index < -0.39 is 5.91 Å². The highest BCUT2D eigenvalue weighted by Crippen LogP contribution is 2.42. The van der Waals surface area contributed by atoms with Crippen LogP contribution in [0.1, 0.15) is 15.2 Å². The highest BCUT2D eigenvalue weighted by atomic mass is 35.5. The van der Waals surface area contributed by atoms with E-state index in [1.165, 1.54) is 24.7 Å². The Morgan fingerprint density at radius 2 is 1.92 bits per heavy atom. The molecule has 0 atom stereocenters. The van der Waals surface area contributed by atoms with Crippen molar-refractivity contribution in [3.63, 3.8) is 0 Å². The van der Waals surface area contributed by atoms with Crippen LogP contribution in [0.25, 0.3) is 10.1 Å². The molecular weight excluding hydrogens is 438 g/mol. The van der Waals surface area contributed by atoms with Gasteiger partial charge in [0.25, 0.3) is 5.91 Å². The van der Waals surface area contributed by atoms with E-state index in [-0.39, 0.29) is 0 Å². The lowest BCUT2D eigenvalue weighted by molar-refractivity contribution is 0.0959. The Hall–Kier alpha value is -1.50. The summed E-state index contributed by atoms with van der Waals surface area (Å²) >= 11 is 25.7. The lowest BCUT2D eigenvalue weighted by atomic mass is 10.2. The van der Waals surface area contributed by atoms with E-state index in [4.69, 9.17) is 51.1 Å². The van der Waals surface area contributed by atoms with Gasteiger partial charge in [-0.3, -0.25) is 4.79 Å². The van der Waals surface area contributed by atoms with Gasteiger partial charge in [0.15, 0.2) is 0 Å². The molecule has 4 nitrogen and oxygen atoms in total. The fourth-order valence-electron chi connectivity index (χ4n) is 2.20. The first-order valence-electron chi connectivity index (χ1n) is 7.15. The lowest BCUT2D eigenvalue weighted by Crippen LogP contribution is -2.16. The molecule has 3 aromatic rings. The van der Waals surface area contributed by atoms with Gasteiger partial charge in [0.2, 0.25) is 0 Å². The van der Waals surface area contributed by atoms with Crippen molar-refractivity contribution in [1.82, 2.24) is 5.43 Å². The average Bonchev–Trinajstić information content (AvgIpc) is 2.95. The molecule has 1 aromatic heterocycles. The smallest absolute Gasteiger partial charge is 0.283 e. The summed E-state index contributed by atoms with van der Waals surface area (Å²) in [4.78, 5) is 12.7. The normalized spacial score (nSPS) is 11.3. The Morgan fingerprint density at radius 3 is 2.62 bits per heavy atom. The number of thiophene rings is 1. The predicted molar refractivity (Wildman–Crippen MR) is 110 cm³/mol. The first-order chi connectivity index (χ1) is 12.4. The largest absolute Gasteiger partial charge is 0.495 e. The maximum absolute atomic E-state index is 12.4. The molecule has 0 unspecified atom stereocenters. The van der Waals surface area contributed by atoms with Crippen LogP contribution >= 0.6 is 57.7 Å². The van der Waals surface area contributed by atoms with Crippen LogP contribution in [-0.2, 0) is 0 Å².